The Balaban J connectivity index is 1.95. The van der Waals surface area contributed by atoms with Gasteiger partial charge in [0, 0.05) is 30.3 Å². The Morgan fingerprint density at radius 3 is 2.62 bits per heavy atom. The number of fused-ring (bicyclic) bond motifs is 1. The van der Waals surface area contributed by atoms with E-state index in [1.165, 1.54) is 11.3 Å². The van der Waals surface area contributed by atoms with E-state index in [2.05, 4.69) is 54.9 Å². The second-order valence-corrected chi connectivity index (χ2v) is 6.58. The summed E-state index contributed by atoms with van der Waals surface area (Å²) in [6, 6.07) is 10.5. The Morgan fingerprint density at radius 2 is 1.95 bits per heavy atom. The van der Waals surface area contributed by atoms with Crippen LogP contribution in [0.4, 0.5) is 0 Å². The molecule has 0 amide bonds. The molecule has 1 aliphatic rings. The maximum Gasteiger partial charge on any atom is 0.0858 e. The maximum atomic E-state index is 10.5. The van der Waals surface area contributed by atoms with Gasteiger partial charge in [-0.15, -0.1) is 0 Å². The number of methoxy groups -OCH3 is 1. The number of hydrogen-bond donors (Lipinski definition) is 1. The largest absolute Gasteiger partial charge is 0.388 e. The van der Waals surface area contributed by atoms with Crippen LogP contribution in [0.2, 0.25) is 0 Å². The first-order chi connectivity index (χ1) is 10.0. The number of hydrogen-bond acceptors (Lipinski definition) is 2. The molecule has 0 saturated carbocycles. The van der Waals surface area contributed by atoms with Gasteiger partial charge in [-0.25, -0.2) is 0 Å². The molecule has 0 bridgehead atoms. The van der Waals surface area contributed by atoms with Gasteiger partial charge in [-0.05, 0) is 42.0 Å². The maximum absolute atomic E-state index is 10.5. The highest BCUT2D eigenvalue weighted by atomic mass is 16.5. The fourth-order valence-corrected chi connectivity index (χ4v) is 3.15. The van der Waals surface area contributed by atoms with Crippen LogP contribution in [0.5, 0.6) is 0 Å². The van der Waals surface area contributed by atoms with Crippen molar-refractivity contribution in [3.8, 4) is 5.69 Å². The van der Waals surface area contributed by atoms with E-state index >= 15 is 0 Å². The first-order valence-corrected chi connectivity index (χ1v) is 7.49. The summed E-state index contributed by atoms with van der Waals surface area (Å²) in [5.74, 6) is 0. The second kappa shape index (κ2) is 5.32. The molecule has 1 aromatic carbocycles. The monoisotopic (exact) mass is 285 g/mol. The molecule has 0 radical (unpaired) electrons. The molecule has 1 aliphatic carbocycles. The van der Waals surface area contributed by atoms with E-state index in [0.717, 1.165) is 24.1 Å². The number of nitrogens with zero attached hydrogens (tertiary/aromatic N) is 1. The van der Waals surface area contributed by atoms with Crippen LogP contribution in [0.25, 0.3) is 5.69 Å². The van der Waals surface area contributed by atoms with Gasteiger partial charge in [-0.3, -0.25) is 0 Å². The minimum atomic E-state index is -0.379. The van der Waals surface area contributed by atoms with Crippen molar-refractivity contribution in [2.75, 3.05) is 7.11 Å². The summed E-state index contributed by atoms with van der Waals surface area (Å²) in [5, 5.41) is 10.5. The zero-order valence-electron chi connectivity index (χ0n) is 13.0. The second-order valence-electron chi connectivity index (χ2n) is 6.58. The molecule has 1 unspecified atom stereocenters. The third-order valence-electron chi connectivity index (χ3n) is 4.59. The van der Waals surface area contributed by atoms with Crippen molar-refractivity contribution >= 4 is 0 Å². The van der Waals surface area contributed by atoms with E-state index in [1.54, 1.807) is 7.11 Å². The van der Waals surface area contributed by atoms with Gasteiger partial charge < -0.3 is 14.4 Å². The lowest BCUT2D eigenvalue weighted by molar-refractivity contribution is 0.0335. The van der Waals surface area contributed by atoms with Crippen molar-refractivity contribution in [3.05, 3.63) is 53.3 Å². The number of aliphatic hydroxyl groups is 1. The number of ether oxygens (including phenoxy) is 1. The third-order valence-corrected chi connectivity index (χ3v) is 4.59. The lowest BCUT2D eigenvalue weighted by Crippen LogP contribution is -2.28. The molecule has 1 N–H and O–H groups in total. The summed E-state index contributed by atoms with van der Waals surface area (Å²) in [6.07, 6.45) is 3.70. The number of rotatable bonds is 3. The van der Waals surface area contributed by atoms with Crippen LogP contribution < -0.4 is 0 Å². The fourth-order valence-electron chi connectivity index (χ4n) is 3.15. The van der Waals surface area contributed by atoms with Crippen molar-refractivity contribution in [2.45, 2.75) is 39.4 Å². The van der Waals surface area contributed by atoms with Crippen molar-refractivity contribution < 1.29 is 9.84 Å². The van der Waals surface area contributed by atoms with Crippen molar-refractivity contribution in [3.63, 3.8) is 0 Å². The molecule has 2 aromatic rings. The van der Waals surface area contributed by atoms with Crippen LogP contribution >= 0.6 is 0 Å². The van der Waals surface area contributed by atoms with Gasteiger partial charge >= 0.3 is 0 Å². The Labute approximate surface area is 126 Å². The highest BCUT2D eigenvalue weighted by molar-refractivity contribution is 5.41. The quantitative estimate of drug-likeness (QED) is 0.934. The Hall–Kier alpha value is -1.58. The molecule has 1 atom stereocenters. The number of benzene rings is 1. The number of aromatic nitrogens is 1. The third kappa shape index (κ3) is 2.52. The Bertz CT molecular complexity index is 625. The molecule has 1 heterocycles. The van der Waals surface area contributed by atoms with E-state index < -0.39 is 0 Å². The van der Waals surface area contributed by atoms with Crippen LogP contribution in [-0.4, -0.2) is 16.8 Å². The van der Waals surface area contributed by atoms with Crippen LogP contribution in [0.3, 0.4) is 0 Å². The molecule has 3 rings (SSSR count). The lowest BCUT2D eigenvalue weighted by atomic mass is 9.74. The average molecular weight is 285 g/mol. The molecule has 0 spiro atoms. The molecule has 3 nitrogen and oxygen atoms in total. The fraction of sp³-hybridized carbons (Fsp3) is 0.444. The van der Waals surface area contributed by atoms with Gasteiger partial charge in [0.15, 0.2) is 0 Å². The Morgan fingerprint density at radius 1 is 1.24 bits per heavy atom. The zero-order chi connectivity index (χ0) is 15.0. The SMILES string of the molecule is COCc1ccc(-n2ccc3c2CCC(C)(C)C3O)cc1. The summed E-state index contributed by atoms with van der Waals surface area (Å²) in [6.45, 7) is 4.91. The van der Waals surface area contributed by atoms with Crippen LogP contribution in [-0.2, 0) is 17.8 Å². The van der Waals surface area contributed by atoms with Gasteiger partial charge in [-0.1, -0.05) is 26.0 Å². The normalized spacial score (nSPS) is 20.3. The van der Waals surface area contributed by atoms with Crippen LogP contribution in [0.15, 0.2) is 36.5 Å². The van der Waals surface area contributed by atoms with Crippen molar-refractivity contribution in [2.24, 2.45) is 5.41 Å². The van der Waals surface area contributed by atoms with Crippen LogP contribution in [0.1, 0.15) is 43.2 Å². The summed E-state index contributed by atoms with van der Waals surface area (Å²) >= 11 is 0. The van der Waals surface area contributed by atoms with Gasteiger partial charge in [-0.2, -0.15) is 0 Å². The van der Waals surface area contributed by atoms with Crippen molar-refractivity contribution in [1.29, 1.82) is 0 Å². The molecule has 3 heteroatoms. The van der Waals surface area contributed by atoms with Gasteiger partial charge in [0.2, 0.25) is 0 Å². The molecular formula is C18H23NO2. The van der Waals surface area contributed by atoms with E-state index in [1.807, 2.05) is 0 Å². The average Bonchev–Trinajstić information content (AvgIpc) is 2.89. The molecule has 21 heavy (non-hydrogen) atoms. The van der Waals surface area contributed by atoms with E-state index in [0.29, 0.717) is 6.61 Å². The molecule has 0 fully saturated rings. The highest BCUT2D eigenvalue weighted by Gasteiger charge is 2.36. The topological polar surface area (TPSA) is 34.4 Å². The van der Waals surface area contributed by atoms with Gasteiger partial charge in [0.25, 0.3) is 0 Å². The molecular weight excluding hydrogens is 262 g/mol. The summed E-state index contributed by atoms with van der Waals surface area (Å²) in [4.78, 5) is 0. The minimum Gasteiger partial charge on any atom is -0.388 e. The minimum absolute atomic E-state index is 0.0402. The summed E-state index contributed by atoms with van der Waals surface area (Å²) < 4.78 is 7.34. The van der Waals surface area contributed by atoms with E-state index in [-0.39, 0.29) is 11.5 Å². The van der Waals surface area contributed by atoms with E-state index in [4.69, 9.17) is 4.74 Å². The predicted octanol–water partition coefficient (Wildman–Crippen LogP) is 3.63. The lowest BCUT2D eigenvalue weighted by Gasteiger charge is -2.35. The smallest absolute Gasteiger partial charge is 0.0858 e. The van der Waals surface area contributed by atoms with Crippen molar-refractivity contribution in [1.82, 2.24) is 4.57 Å². The number of aliphatic hydroxyl groups excluding tert-OH is 1. The summed E-state index contributed by atoms with van der Waals surface area (Å²) in [5.41, 5.74) is 4.58. The Kier molecular flexibility index (Phi) is 3.64. The summed E-state index contributed by atoms with van der Waals surface area (Å²) in [7, 11) is 1.71. The van der Waals surface area contributed by atoms with Gasteiger partial charge in [0.05, 0.1) is 12.7 Å². The highest BCUT2D eigenvalue weighted by Crippen LogP contribution is 2.44. The molecule has 112 valence electrons. The predicted molar refractivity (Wildman–Crippen MR) is 83.5 cm³/mol. The first-order valence-electron chi connectivity index (χ1n) is 7.49. The molecule has 0 saturated heterocycles. The molecule has 0 aliphatic heterocycles. The standard InChI is InChI=1S/C18H23NO2/c1-18(2)10-8-16-15(17(18)20)9-11-19(16)14-6-4-13(5-7-14)12-21-3/h4-7,9,11,17,20H,8,10,12H2,1-3H3. The van der Waals surface area contributed by atoms with Crippen LogP contribution in [0, 0.1) is 5.41 Å². The first kappa shape index (κ1) is 14.4. The van der Waals surface area contributed by atoms with Gasteiger partial charge in [0.1, 0.15) is 0 Å². The zero-order valence-corrected chi connectivity index (χ0v) is 13.0. The molecule has 1 aromatic heterocycles. The van der Waals surface area contributed by atoms with E-state index in [9.17, 15) is 5.11 Å².